The van der Waals surface area contributed by atoms with E-state index in [1.807, 2.05) is 0 Å². The SMILES string of the molecule is Cc1ccc(C)c(C2CCCc3nc(N)sc32)c1. The summed E-state index contributed by atoms with van der Waals surface area (Å²) in [6.45, 7) is 4.36. The number of hydrogen-bond acceptors (Lipinski definition) is 3. The zero-order chi connectivity index (χ0) is 12.7. The van der Waals surface area contributed by atoms with Gasteiger partial charge in [-0.3, -0.25) is 0 Å². The Balaban J connectivity index is 2.10. The van der Waals surface area contributed by atoms with Crippen LogP contribution in [-0.4, -0.2) is 4.98 Å². The Hall–Kier alpha value is -1.35. The highest BCUT2D eigenvalue weighted by Crippen LogP contribution is 2.41. The molecule has 0 bridgehead atoms. The minimum Gasteiger partial charge on any atom is -0.375 e. The van der Waals surface area contributed by atoms with Crippen molar-refractivity contribution < 1.29 is 0 Å². The molecule has 2 aromatic rings. The summed E-state index contributed by atoms with van der Waals surface area (Å²) in [6.07, 6.45) is 3.53. The van der Waals surface area contributed by atoms with Crippen LogP contribution in [0.2, 0.25) is 0 Å². The number of nitrogen functional groups attached to an aromatic ring is 1. The summed E-state index contributed by atoms with van der Waals surface area (Å²) in [5, 5.41) is 0.720. The van der Waals surface area contributed by atoms with Gasteiger partial charge in [0.05, 0.1) is 5.69 Å². The highest BCUT2D eigenvalue weighted by molar-refractivity contribution is 7.15. The van der Waals surface area contributed by atoms with Gasteiger partial charge >= 0.3 is 0 Å². The van der Waals surface area contributed by atoms with E-state index in [0.29, 0.717) is 5.92 Å². The third-order valence-corrected chi connectivity index (χ3v) is 4.82. The molecule has 18 heavy (non-hydrogen) atoms. The Morgan fingerprint density at radius 3 is 3.00 bits per heavy atom. The highest BCUT2D eigenvalue weighted by atomic mass is 32.1. The molecule has 3 heteroatoms. The van der Waals surface area contributed by atoms with Gasteiger partial charge in [0.15, 0.2) is 5.13 Å². The van der Waals surface area contributed by atoms with E-state index in [4.69, 9.17) is 5.73 Å². The monoisotopic (exact) mass is 258 g/mol. The molecule has 1 heterocycles. The Morgan fingerprint density at radius 2 is 2.17 bits per heavy atom. The molecule has 0 spiro atoms. The molecule has 0 radical (unpaired) electrons. The first-order chi connectivity index (χ1) is 8.65. The van der Waals surface area contributed by atoms with E-state index in [-0.39, 0.29) is 0 Å². The lowest BCUT2D eigenvalue weighted by molar-refractivity contribution is 0.615. The molecule has 0 saturated carbocycles. The second-order valence-corrected chi connectivity index (χ2v) is 6.23. The highest BCUT2D eigenvalue weighted by Gasteiger charge is 2.26. The first-order valence-electron chi connectivity index (χ1n) is 6.47. The maximum Gasteiger partial charge on any atom is 0.180 e. The quantitative estimate of drug-likeness (QED) is 0.844. The molecule has 1 atom stereocenters. The fraction of sp³-hybridized carbons (Fsp3) is 0.400. The van der Waals surface area contributed by atoms with E-state index in [0.717, 1.165) is 11.6 Å². The smallest absolute Gasteiger partial charge is 0.180 e. The molecular weight excluding hydrogens is 240 g/mol. The normalized spacial score (nSPS) is 18.7. The summed E-state index contributed by atoms with van der Waals surface area (Å²) >= 11 is 1.67. The van der Waals surface area contributed by atoms with Crippen molar-refractivity contribution in [2.24, 2.45) is 0 Å². The molecule has 1 aliphatic carbocycles. The molecule has 3 rings (SSSR count). The van der Waals surface area contributed by atoms with Crippen LogP contribution in [-0.2, 0) is 6.42 Å². The van der Waals surface area contributed by atoms with Crippen LogP contribution >= 0.6 is 11.3 Å². The third-order valence-electron chi connectivity index (χ3n) is 3.78. The van der Waals surface area contributed by atoms with Crippen molar-refractivity contribution in [1.82, 2.24) is 4.98 Å². The second-order valence-electron chi connectivity index (χ2n) is 5.17. The maximum atomic E-state index is 5.87. The van der Waals surface area contributed by atoms with E-state index in [1.54, 1.807) is 11.3 Å². The average molecular weight is 258 g/mol. The Morgan fingerprint density at radius 1 is 1.33 bits per heavy atom. The van der Waals surface area contributed by atoms with Crippen LogP contribution in [0.25, 0.3) is 0 Å². The number of hydrogen-bond donors (Lipinski definition) is 1. The van der Waals surface area contributed by atoms with Gasteiger partial charge in [-0.1, -0.05) is 23.8 Å². The number of aromatic nitrogens is 1. The van der Waals surface area contributed by atoms with Crippen molar-refractivity contribution in [3.8, 4) is 0 Å². The lowest BCUT2D eigenvalue weighted by Crippen LogP contribution is -2.10. The fourth-order valence-electron chi connectivity index (χ4n) is 2.87. The van der Waals surface area contributed by atoms with E-state index >= 15 is 0 Å². The number of nitrogens with two attached hydrogens (primary N) is 1. The zero-order valence-corrected chi connectivity index (χ0v) is 11.7. The molecular formula is C15H18N2S. The summed E-state index contributed by atoms with van der Waals surface area (Å²) in [5.41, 5.74) is 11.3. The predicted octanol–water partition coefficient (Wildman–Crippen LogP) is 3.81. The molecule has 1 unspecified atom stereocenters. The zero-order valence-electron chi connectivity index (χ0n) is 10.9. The second kappa shape index (κ2) is 4.39. The molecule has 2 nitrogen and oxygen atoms in total. The summed E-state index contributed by atoms with van der Waals surface area (Å²) in [6, 6.07) is 6.73. The fourth-order valence-corrected chi connectivity index (χ4v) is 3.90. The number of aryl methyl sites for hydroxylation is 3. The van der Waals surface area contributed by atoms with Crippen LogP contribution in [0.1, 0.15) is 46.0 Å². The number of anilines is 1. The first kappa shape index (κ1) is 11.7. The number of rotatable bonds is 1. The van der Waals surface area contributed by atoms with Gasteiger partial charge in [0.2, 0.25) is 0 Å². The molecule has 0 fully saturated rings. The molecule has 0 amide bonds. The minimum absolute atomic E-state index is 0.503. The Kier molecular flexibility index (Phi) is 2.86. The van der Waals surface area contributed by atoms with Crippen LogP contribution in [0.15, 0.2) is 18.2 Å². The lowest BCUT2D eigenvalue weighted by atomic mass is 9.83. The lowest BCUT2D eigenvalue weighted by Gasteiger charge is -2.23. The summed E-state index contributed by atoms with van der Waals surface area (Å²) < 4.78 is 0. The van der Waals surface area contributed by atoms with Crippen molar-refractivity contribution in [3.05, 3.63) is 45.5 Å². The largest absolute Gasteiger partial charge is 0.375 e. The van der Waals surface area contributed by atoms with Crippen LogP contribution in [0.3, 0.4) is 0 Å². The van der Waals surface area contributed by atoms with E-state index in [2.05, 4.69) is 37.0 Å². The summed E-state index contributed by atoms with van der Waals surface area (Å²) in [4.78, 5) is 5.87. The standard InChI is InChI=1S/C15H18N2S/c1-9-6-7-10(2)12(8-9)11-4-3-5-13-14(11)18-15(16)17-13/h6-8,11H,3-5H2,1-2H3,(H2,16,17). The number of thiazole rings is 1. The molecule has 2 N–H and O–H groups in total. The molecule has 0 saturated heterocycles. The summed E-state index contributed by atoms with van der Waals surface area (Å²) in [7, 11) is 0. The van der Waals surface area contributed by atoms with Crippen molar-refractivity contribution in [1.29, 1.82) is 0 Å². The third kappa shape index (κ3) is 1.93. The Labute approximate surface area is 112 Å². The molecule has 94 valence electrons. The van der Waals surface area contributed by atoms with E-state index in [9.17, 15) is 0 Å². The van der Waals surface area contributed by atoms with Crippen LogP contribution < -0.4 is 5.73 Å². The van der Waals surface area contributed by atoms with Gasteiger partial charge < -0.3 is 5.73 Å². The molecule has 1 aromatic heterocycles. The summed E-state index contributed by atoms with van der Waals surface area (Å²) in [5.74, 6) is 0.503. The van der Waals surface area contributed by atoms with Crippen molar-refractivity contribution in [2.45, 2.75) is 39.0 Å². The maximum absolute atomic E-state index is 5.87. The van der Waals surface area contributed by atoms with Gasteiger partial charge in [0.25, 0.3) is 0 Å². The van der Waals surface area contributed by atoms with E-state index in [1.165, 1.54) is 40.1 Å². The number of benzene rings is 1. The first-order valence-corrected chi connectivity index (χ1v) is 7.29. The number of fused-ring (bicyclic) bond motifs is 1. The van der Waals surface area contributed by atoms with Gasteiger partial charge in [0, 0.05) is 10.8 Å². The van der Waals surface area contributed by atoms with Crippen molar-refractivity contribution >= 4 is 16.5 Å². The Bertz CT molecular complexity index is 586. The average Bonchev–Trinajstić information content (AvgIpc) is 2.72. The van der Waals surface area contributed by atoms with Gasteiger partial charge in [-0.05, 0) is 44.2 Å². The predicted molar refractivity (Wildman–Crippen MR) is 77.2 cm³/mol. The van der Waals surface area contributed by atoms with Gasteiger partial charge in [-0.25, -0.2) is 4.98 Å². The van der Waals surface area contributed by atoms with Crippen LogP contribution in [0.5, 0.6) is 0 Å². The molecule has 1 aliphatic rings. The van der Waals surface area contributed by atoms with Gasteiger partial charge in [-0.15, -0.1) is 11.3 Å². The topological polar surface area (TPSA) is 38.9 Å². The number of nitrogens with zero attached hydrogens (tertiary/aromatic N) is 1. The molecule has 1 aromatic carbocycles. The minimum atomic E-state index is 0.503. The van der Waals surface area contributed by atoms with Crippen LogP contribution in [0, 0.1) is 13.8 Å². The molecule has 0 aliphatic heterocycles. The van der Waals surface area contributed by atoms with Gasteiger partial charge in [0.1, 0.15) is 0 Å². The van der Waals surface area contributed by atoms with Crippen LogP contribution in [0.4, 0.5) is 5.13 Å². The van der Waals surface area contributed by atoms with Gasteiger partial charge in [-0.2, -0.15) is 0 Å². The van der Waals surface area contributed by atoms with Crippen molar-refractivity contribution in [2.75, 3.05) is 5.73 Å². The van der Waals surface area contributed by atoms with Crippen molar-refractivity contribution in [3.63, 3.8) is 0 Å². The van der Waals surface area contributed by atoms with E-state index < -0.39 is 0 Å².